The van der Waals surface area contributed by atoms with Crippen LogP contribution in [0.2, 0.25) is 0 Å². The third-order valence-corrected chi connectivity index (χ3v) is 3.30. The average molecular weight is 254 g/mol. The van der Waals surface area contributed by atoms with E-state index in [-0.39, 0.29) is 18.4 Å². The fourth-order valence-electron chi connectivity index (χ4n) is 2.13. The van der Waals surface area contributed by atoms with Gasteiger partial charge >= 0.3 is 0 Å². The van der Waals surface area contributed by atoms with Crippen LogP contribution in [0.25, 0.3) is 0 Å². The molecular formula is C13H16F2N2O. The van der Waals surface area contributed by atoms with Gasteiger partial charge in [0, 0.05) is 13.1 Å². The van der Waals surface area contributed by atoms with Gasteiger partial charge < -0.3 is 10.6 Å². The Morgan fingerprint density at radius 3 is 2.78 bits per heavy atom. The van der Waals surface area contributed by atoms with Crippen LogP contribution < -0.4 is 10.6 Å². The van der Waals surface area contributed by atoms with Crippen molar-refractivity contribution < 1.29 is 13.6 Å². The molecular weight excluding hydrogens is 238 g/mol. The zero-order chi connectivity index (χ0) is 13.1. The summed E-state index contributed by atoms with van der Waals surface area (Å²) in [7, 11) is 0. The molecule has 0 aliphatic carbocycles. The molecule has 5 heteroatoms. The van der Waals surface area contributed by atoms with Crippen LogP contribution in [0.1, 0.15) is 12.5 Å². The lowest BCUT2D eigenvalue weighted by Gasteiger charge is -2.14. The van der Waals surface area contributed by atoms with Gasteiger partial charge in [-0.3, -0.25) is 4.79 Å². The van der Waals surface area contributed by atoms with E-state index in [1.165, 1.54) is 6.07 Å². The molecule has 1 aromatic rings. The molecule has 1 fully saturated rings. The number of amides is 1. The van der Waals surface area contributed by atoms with E-state index < -0.39 is 11.6 Å². The first-order valence-electron chi connectivity index (χ1n) is 6.00. The Bertz CT molecular complexity index is 451. The van der Waals surface area contributed by atoms with E-state index in [1.807, 2.05) is 6.92 Å². The molecule has 2 rings (SSSR count). The maximum absolute atomic E-state index is 13.0. The average Bonchev–Trinajstić information content (AvgIpc) is 2.77. The highest BCUT2D eigenvalue weighted by atomic mass is 19.2. The van der Waals surface area contributed by atoms with Gasteiger partial charge in [-0.2, -0.15) is 0 Å². The van der Waals surface area contributed by atoms with Gasteiger partial charge in [-0.25, -0.2) is 8.78 Å². The van der Waals surface area contributed by atoms with Crippen LogP contribution >= 0.6 is 0 Å². The quantitative estimate of drug-likeness (QED) is 0.857. The van der Waals surface area contributed by atoms with Crippen LogP contribution in [0, 0.1) is 23.5 Å². The summed E-state index contributed by atoms with van der Waals surface area (Å²) in [5, 5.41) is 5.90. The summed E-state index contributed by atoms with van der Waals surface area (Å²) in [6.07, 6.45) is 0. The van der Waals surface area contributed by atoms with E-state index in [9.17, 15) is 13.6 Å². The molecule has 0 aromatic heterocycles. The molecule has 2 N–H and O–H groups in total. The zero-order valence-corrected chi connectivity index (χ0v) is 10.2. The van der Waals surface area contributed by atoms with Gasteiger partial charge in [-0.05, 0) is 30.2 Å². The molecule has 0 spiro atoms. The number of rotatable bonds is 3. The van der Waals surface area contributed by atoms with Crippen LogP contribution in [0.15, 0.2) is 18.2 Å². The maximum atomic E-state index is 13.0. The van der Waals surface area contributed by atoms with E-state index in [1.54, 1.807) is 0 Å². The number of carbonyl (C=O) groups excluding carboxylic acids is 1. The van der Waals surface area contributed by atoms with Crippen molar-refractivity contribution >= 4 is 5.91 Å². The Morgan fingerprint density at radius 1 is 1.39 bits per heavy atom. The van der Waals surface area contributed by atoms with Crippen LogP contribution in [0.3, 0.4) is 0 Å². The van der Waals surface area contributed by atoms with Crippen LogP contribution in [-0.4, -0.2) is 19.0 Å². The van der Waals surface area contributed by atoms with Gasteiger partial charge in [-0.1, -0.05) is 13.0 Å². The predicted octanol–water partition coefficient (Wildman–Crippen LogP) is 1.44. The van der Waals surface area contributed by atoms with Crippen molar-refractivity contribution in [2.75, 3.05) is 13.1 Å². The van der Waals surface area contributed by atoms with Gasteiger partial charge in [0.25, 0.3) is 0 Å². The maximum Gasteiger partial charge on any atom is 0.224 e. The second-order valence-electron chi connectivity index (χ2n) is 4.71. The van der Waals surface area contributed by atoms with Crippen LogP contribution in [0.4, 0.5) is 8.78 Å². The lowest BCUT2D eigenvalue weighted by molar-refractivity contribution is -0.125. The fourth-order valence-corrected chi connectivity index (χ4v) is 2.13. The third-order valence-electron chi connectivity index (χ3n) is 3.30. The second kappa shape index (κ2) is 5.44. The molecule has 1 aliphatic rings. The van der Waals surface area contributed by atoms with E-state index in [4.69, 9.17) is 0 Å². The first-order valence-corrected chi connectivity index (χ1v) is 6.00. The molecule has 2 atom stereocenters. The predicted molar refractivity (Wildman–Crippen MR) is 63.7 cm³/mol. The first-order chi connectivity index (χ1) is 8.58. The smallest absolute Gasteiger partial charge is 0.224 e. The van der Waals surface area contributed by atoms with Gasteiger partial charge in [0.2, 0.25) is 5.91 Å². The summed E-state index contributed by atoms with van der Waals surface area (Å²) in [5.41, 5.74) is 0.556. The molecule has 2 unspecified atom stereocenters. The zero-order valence-electron chi connectivity index (χ0n) is 10.2. The van der Waals surface area contributed by atoms with Crippen molar-refractivity contribution in [1.82, 2.24) is 10.6 Å². The Kier molecular flexibility index (Phi) is 3.91. The fraction of sp³-hybridized carbons (Fsp3) is 0.462. The standard InChI is InChI=1S/C13H16F2N2O/c1-8-5-16-7-10(8)13(18)17-6-9-2-3-11(14)12(15)4-9/h2-4,8,10,16H,5-7H2,1H3,(H,17,18). The number of hydrogen-bond donors (Lipinski definition) is 2. The summed E-state index contributed by atoms with van der Waals surface area (Å²) in [6.45, 7) is 3.75. The van der Waals surface area contributed by atoms with Crippen molar-refractivity contribution in [3.05, 3.63) is 35.4 Å². The van der Waals surface area contributed by atoms with Gasteiger partial charge in [-0.15, -0.1) is 0 Å². The highest BCUT2D eigenvalue weighted by molar-refractivity contribution is 5.79. The molecule has 0 bridgehead atoms. The highest BCUT2D eigenvalue weighted by Gasteiger charge is 2.29. The Morgan fingerprint density at radius 2 is 2.17 bits per heavy atom. The minimum absolute atomic E-state index is 0.0442. The molecule has 1 aromatic carbocycles. The number of halogens is 2. The normalized spacial score (nSPS) is 23.1. The molecule has 1 aliphatic heterocycles. The Hall–Kier alpha value is -1.49. The summed E-state index contributed by atoms with van der Waals surface area (Å²) in [5.74, 6) is -1.56. The molecule has 0 saturated carbocycles. The molecule has 1 heterocycles. The molecule has 1 amide bonds. The van der Waals surface area contributed by atoms with Crippen molar-refractivity contribution in [2.45, 2.75) is 13.5 Å². The number of hydrogen-bond acceptors (Lipinski definition) is 2. The van der Waals surface area contributed by atoms with E-state index >= 15 is 0 Å². The Labute approximate surface area is 105 Å². The Balaban J connectivity index is 1.91. The minimum atomic E-state index is -0.891. The van der Waals surface area contributed by atoms with E-state index in [2.05, 4.69) is 10.6 Å². The van der Waals surface area contributed by atoms with Crippen LogP contribution in [-0.2, 0) is 11.3 Å². The number of benzene rings is 1. The number of carbonyl (C=O) groups is 1. The van der Waals surface area contributed by atoms with E-state index in [0.29, 0.717) is 18.0 Å². The number of nitrogens with one attached hydrogen (secondary N) is 2. The van der Waals surface area contributed by atoms with Crippen LogP contribution in [0.5, 0.6) is 0 Å². The molecule has 18 heavy (non-hydrogen) atoms. The highest BCUT2D eigenvalue weighted by Crippen LogP contribution is 2.16. The summed E-state index contributed by atoms with van der Waals surface area (Å²) in [4.78, 5) is 11.9. The SMILES string of the molecule is CC1CNCC1C(=O)NCc1ccc(F)c(F)c1. The monoisotopic (exact) mass is 254 g/mol. The summed E-state index contributed by atoms with van der Waals surface area (Å²) in [6, 6.07) is 3.64. The van der Waals surface area contributed by atoms with Gasteiger partial charge in [0.15, 0.2) is 11.6 Å². The largest absolute Gasteiger partial charge is 0.352 e. The van der Waals surface area contributed by atoms with Crippen molar-refractivity contribution in [3.8, 4) is 0 Å². The third kappa shape index (κ3) is 2.85. The minimum Gasteiger partial charge on any atom is -0.352 e. The summed E-state index contributed by atoms with van der Waals surface area (Å²) < 4.78 is 25.7. The second-order valence-corrected chi connectivity index (χ2v) is 4.71. The van der Waals surface area contributed by atoms with Crippen molar-refractivity contribution in [2.24, 2.45) is 11.8 Å². The van der Waals surface area contributed by atoms with Gasteiger partial charge in [0.05, 0.1) is 5.92 Å². The summed E-state index contributed by atoms with van der Waals surface area (Å²) >= 11 is 0. The molecule has 1 saturated heterocycles. The lowest BCUT2D eigenvalue weighted by atomic mass is 9.97. The van der Waals surface area contributed by atoms with Crippen molar-refractivity contribution in [3.63, 3.8) is 0 Å². The molecule has 3 nitrogen and oxygen atoms in total. The van der Waals surface area contributed by atoms with E-state index in [0.717, 1.165) is 18.7 Å². The topological polar surface area (TPSA) is 41.1 Å². The first kappa shape index (κ1) is 13.0. The molecule has 98 valence electrons. The van der Waals surface area contributed by atoms with Crippen molar-refractivity contribution in [1.29, 1.82) is 0 Å². The molecule has 0 radical (unpaired) electrons. The lowest BCUT2D eigenvalue weighted by Crippen LogP contribution is -2.33. The van der Waals surface area contributed by atoms with Gasteiger partial charge in [0.1, 0.15) is 0 Å².